The maximum atomic E-state index is 11.4. The predicted octanol–water partition coefficient (Wildman–Crippen LogP) is 1.61. The molecule has 0 saturated carbocycles. The lowest BCUT2D eigenvalue weighted by atomic mass is 10.2. The molecule has 1 atom stereocenters. The summed E-state index contributed by atoms with van der Waals surface area (Å²) in [6.07, 6.45) is -0.393. The first-order chi connectivity index (χ1) is 7.22. The Morgan fingerprint density at radius 2 is 2.13 bits per heavy atom. The lowest BCUT2D eigenvalue weighted by Gasteiger charge is -2.19. The molecule has 1 aromatic carbocycles. The van der Waals surface area contributed by atoms with Gasteiger partial charge in [-0.25, -0.2) is 4.79 Å². The lowest BCUT2D eigenvalue weighted by molar-refractivity contribution is 0.174. The summed E-state index contributed by atoms with van der Waals surface area (Å²) in [5.41, 5.74) is 0.761. The molecule has 15 heavy (non-hydrogen) atoms. The third-order valence-corrected chi connectivity index (χ3v) is 3.00. The van der Waals surface area contributed by atoms with Crippen LogP contribution in [-0.2, 0) is 4.74 Å². The molecule has 0 aromatic heterocycles. The van der Waals surface area contributed by atoms with Crippen molar-refractivity contribution in [2.45, 2.75) is 6.04 Å². The van der Waals surface area contributed by atoms with Crippen LogP contribution >= 0.6 is 22.6 Å². The third kappa shape index (κ3) is 2.07. The van der Waals surface area contributed by atoms with Crippen molar-refractivity contribution in [3.8, 4) is 0 Å². The van der Waals surface area contributed by atoms with Gasteiger partial charge in [-0.2, -0.15) is 0 Å². The van der Waals surface area contributed by atoms with Gasteiger partial charge in [0.05, 0.1) is 12.6 Å². The van der Waals surface area contributed by atoms with Gasteiger partial charge < -0.3 is 9.84 Å². The number of anilines is 1. The van der Waals surface area contributed by atoms with Crippen molar-refractivity contribution >= 4 is 34.4 Å². The summed E-state index contributed by atoms with van der Waals surface area (Å²) in [4.78, 5) is 12.9. The molecule has 1 fully saturated rings. The molecule has 1 amide bonds. The van der Waals surface area contributed by atoms with E-state index in [0.717, 1.165) is 9.26 Å². The van der Waals surface area contributed by atoms with Crippen LogP contribution in [0.15, 0.2) is 24.3 Å². The number of aliphatic hydroxyl groups is 1. The van der Waals surface area contributed by atoms with Crippen LogP contribution in [0.1, 0.15) is 0 Å². The van der Waals surface area contributed by atoms with Crippen LogP contribution in [-0.4, -0.2) is 30.5 Å². The summed E-state index contributed by atoms with van der Waals surface area (Å²) < 4.78 is 5.98. The molecule has 5 heteroatoms. The van der Waals surface area contributed by atoms with Crippen molar-refractivity contribution in [2.75, 3.05) is 18.1 Å². The van der Waals surface area contributed by atoms with Crippen LogP contribution in [0.5, 0.6) is 0 Å². The number of carbonyl (C=O) groups excluding carboxylic acids is 1. The van der Waals surface area contributed by atoms with E-state index < -0.39 is 6.09 Å². The number of cyclic esters (lactones) is 1. The molecule has 0 spiro atoms. The van der Waals surface area contributed by atoms with E-state index in [-0.39, 0.29) is 19.3 Å². The summed E-state index contributed by atoms with van der Waals surface area (Å²) in [7, 11) is 0. The summed E-state index contributed by atoms with van der Waals surface area (Å²) in [6.45, 7) is 0.166. The van der Waals surface area contributed by atoms with Crippen LogP contribution in [0.2, 0.25) is 0 Å². The normalized spacial score (nSPS) is 20.5. The minimum absolute atomic E-state index is 0.0856. The Hall–Kier alpha value is -0.820. The number of benzene rings is 1. The summed E-state index contributed by atoms with van der Waals surface area (Å²) in [6, 6.07) is 7.25. The summed E-state index contributed by atoms with van der Waals surface area (Å²) in [5.74, 6) is 0. The van der Waals surface area contributed by atoms with Crippen molar-refractivity contribution in [1.29, 1.82) is 0 Å². The van der Waals surface area contributed by atoms with Gasteiger partial charge in [0, 0.05) is 9.26 Å². The fourth-order valence-electron chi connectivity index (χ4n) is 1.51. The first-order valence-corrected chi connectivity index (χ1v) is 5.62. The molecule has 1 aliphatic heterocycles. The van der Waals surface area contributed by atoms with Gasteiger partial charge in [0.25, 0.3) is 0 Å². The van der Waals surface area contributed by atoms with Gasteiger partial charge in [-0.1, -0.05) is 0 Å². The number of amides is 1. The number of hydrogen-bond acceptors (Lipinski definition) is 3. The zero-order valence-electron chi connectivity index (χ0n) is 7.89. The summed E-state index contributed by atoms with van der Waals surface area (Å²) >= 11 is 2.20. The van der Waals surface area contributed by atoms with Gasteiger partial charge in [0.15, 0.2) is 0 Å². The van der Waals surface area contributed by atoms with Gasteiger partial charge >= 0.3 is 6.09 Å². The molecule has 0 unspecified atom stereocenters. The van der Waals surface area contributed by atoms with E-state index in [0.29, 0.717) is 0 Å². The maximum absolute atomic E-state index is 11.4. The van der Waals surface area contributed by atoms with E-state index in [1.165, 1.54) is 4.90 Å². The van der Waals surface area contributed by atoms with Crippen LogP contribution in [0, 0.1) is 3.57 Å². The highest BCUT2D eigenvalue weighted by molar-refractivity contribution is 14.1. The lowest BCUT2D eigenvalue weighted by Crippen LogP contribution is -2.35. The molecule has 4 nitrogen and oxygen atoms in total. The molecule has 1 heterocycles. The third-order valence-electron chi connectivity index (χ3n) is 2.28. The van der Waals surface area contributed by atoms with E-state index in [1.807, 2.05) is 24.3 Å². The molecule has 80 valence electrons. The average Bonchev–Trinajstić information content (AvgIpc) is 2.61. The monoisotopic (exact) mass is 319 g/mol. The van der Waals surface area contributed by atoms with E-state index in [9.17, 15) is 4.79 Å². The Labute approximate surface area is 101 Å². The van der Waals surface area contributed by atoms with Crippen molar-refractivity contribution < 1.29 is 14.6 Å². The van der Waals surface area contributed by atoms with Gasteiger partial charge in [0.1, 0.15) is 6.61 Å². The minimum atomic E-state index is -0.393. The second kappa shape index (κ2) is 4.36. The SMILES string of the molecule is O=C1OC[C@@H](CO)N1c1ccc(I)cc1. The van der Waals surface area contributed by atoms with Gasteiger partial charge in [-0.15, -0.1) is 0 Å². The van der Waals surface area contributed by atoms with Crippen LogP contribution in [0.25, 0.3) is 0 Å². The fraction of sp³-hybridized carbons (Fsp3) is 0.300. The zero-order chi connectivity index (χ0) is 10.8. The van der Waals surface area contributed by atoms with E-state index >= 15 is 0 Å². The number of nitrogens with zero attached hydrogens (tertiary/aromatic N) is 1. The second-order valence-corrected chi connectivity index (χ2v) is 4.51. The molecule has 2 rings (SSSR count). The highest BCUT2D eigenvalue weighted by Gasteiger charge is 2.33. The molecule has 1 N–H and O–H groups in total. The maximum Gasteiger partial charge on any atom is 0.414 e. The quantitative estimate of drug-likeness (QED) is 0.843. The average molecular weight is 319 g/mol. The highest BCUT2D eigenvalue weighted by Crippen LogP contribution is 2.23. The Balaban J connectivity index is 2.28. The predicted molar refractivity (Wildman–Crippen MR) is 63.9 cm³/mol. The molecule has 0 bridgehead atoms. The van der Waals surface area contributed by atoms with E-state index in [2.05, 4.69) is 22.6 Å². The number of rotatable bonds is 2. The van der Waals surface area contributed by atoms with Crippen LogP contribution in [0.4, 0.5) is 10.5 Å². The number of halogens is 1. The Morgan fingerprint density at radius 1 is 1.47 bits per heavy atom. The first kappa shape index (κ1) is 10.7. The van der Waals surface area contributed by atoms with Crippen molar-refractivity contribution in [1.82, 2.24) is 0 Å². The number of carbonyl (C=O) groups is 1. The largest absolute Gasteiger partial charge is 0.447 e. The minimum Gasteiger partial charge on any atom is -0.447 e. The number of hydrogen-bond donors (Lipinski definition) is 1. The first-order valence-electron chi connectivity index (χ1n) is 4.55. The topological polar surface area (TPSA) is 49.8 Å². The van der Waals surface area contributed by atoms with Crippen LogP contribution < -0.4 is 4.90 Å². The Bertz CT molecular complexity index is 365. The molecular formula is C10H10INO3. The van der Waals surface area contributed by atoms with Crippen LogP contribution in [0.3, 0.4) is 0 Å². The Kier molecular flexibility index (Phi) is 3.11. The smallest absolute Gasteiger partial charge is 0.414 e. The van der Waals surface area contributed by atoms with Crippen molar-refractivity contribution in [2.24, 2.45) is 0 Å². The van der Waals surface area contributed by atoms with Gasteiger partial charge in [0.2, 0.25) is 0 Å². The molecule has 1 aliphatic rings. The molecule has 0 aliphatic carbocycles. The fourth-order valence-corrected chi connectivity index (χ4v) is 1.87. The molecule has 1 aromatic rings. The van der Waals surface area contributed by atoms with E-state index in [1.54, 1.807) is 0 Å². The summed E-state index contributed by atoms with van der Waals surface area (Å²) in [5, 5.41) is 9.09. The van der Waals surface area contributed by atoms with Gasteiger partial charge in [-0.05, 0) is 46.9 Å². The molecule has 0 radical (unpaired) electrons. The molecule has 1 saturated heterocycles. The number of ether oxygens (including phenoxy) is 1. The molecular weight excluding hydrogens is 309 g/mol. The van der Waals surface area contributed by atoms with E-state index in [4.69, 9.17) is 9.84 Å². The van der Waals surface area contributed by atoms with Gasteiger partial charge in [-0.3, -0.25) is 4.90 Å². The standard InChI is InChI=1S/C10H10INO3/c11-7-1-3-8(4-2-7)12-9(5-13)6-15-10(12)14/h1-4,9,13H,5-6H2/t9-/m1/s1. The number of aliphatic hydroxyl groups excluding tert-OH is 1. The second-order valence-electron chi connectivity index (χ2n) is 3.26. The van der Waals surface area contributed by atoms with Crippen molar-refractivity contribution in [3.05, 3.63) is 27.8 Å². The zero-order valence-corrected chi connectivity index (χ0v) is 10.0. The Morgan fingerprint density at radius 3 is 2.73 bits per heavy atom. The van der Waals surface area contributed by atoms with Crippen molar-refractivity contribution in [3.63, 3.8) is 0 Å². The highest BCUT2D eigenvalue weighted by atomic mass is 127.